The van der Waals surface area contributed by atoms with E-state index in [-0.39, 0.29) is 33.3 Å². The molecular weight excluding hydrogens is 368 g/mol. The van der Waals surface area contributed by atoms with E-state index in [1.54, 1.807) is 6.08 Å². The Bertz CT molecular complexity index is 986. The number of halogens is 1. The maximum atomic E-state index is 12.1. The summed E-state index contributed by atoms with van der Waals surface area (Å²) in [6, 6.07) is 11.7. The molecule has 6 nitrogen and oxygen atoms in total. The van der Waals surface area contributed by atoms with Crippen molar-refractivity contribution in [2.75, 3.05) is 0 Å². The number of hydrogen-bond acceptors (Lipinski definition) is 5. The van der Waals surface area contributed by atoms with Gasteiger partial charge < -0.3 is 4.74 Å². The van der Waals surface area contributed by atoms with Crippen LogP contribution in [0.1, 0.15) is 37.5 Å². The van der Waals surface area contributed by atoms with E-state index < -0.39 is 10.9 Å². The number of nitrogens with zero attached hydrogens (tertiary/aromatic N) is 2. The van der Waals surface area contributed by atoms with Crippen LogP contribution in [-0.2, 0) is 14.9 Å². The third-order valence-electron chi connectivity index (χ3n) is 4.09. The van der Waals surface area contributed by atoms with Crippen molar-refractivity contribution in [1.29, 1.82) is 0 Å². The average Bonchev–Trinajstić information content (AvgIpc) is 2.95. The van der Waals surface area contributed by atoms with Crippen molar-refractivity contribution in [1.82, 2.24) is 0 Å². The van der Waals surface area contributed by atoms with E-state index in [0.29, 0.717) is 0 Å². The van der Waals surface area contributed by atoms with Gasteiger partial charge in [-0.2, -0.15) is 0 Å². The highest BCUT2D eigenvalue weighted by Gasteiger charge is 2.27. The number of rotatable bonds is 3. The van der Waals surface area contributed by atoms with E-state index >= 15 is 0 Å². The van der Waals surface area contributed by atoms with E-state index in [1.807, 2.05) is 24.3 Å². The fraction of sp³-hybridized carbons (Fsp3) is 0.200. The number of hydrogen-bond donors (Lipinski definition) is 0. The van der Waals surface area contributed by atoms with Crippen LogP contribution in [-0.4, -0.2) is 16.8 Å². The lowest BCUT2D eigenvalue weighted by Gasteiger charge is -2.18. The molecule has 27 heavy (non-hydrogen) atoms. The van der Waals surface area contributed by atoms with E-state index in [9.17, 15) is 14.9 Å². The Morgan fingerprint density at radius 2 is 1.81 bits per heavy atom. The number of carbonyl (C=O) groups excluding carboxylic acids is 1. The maximum Gasteiger partial charge on any atom is 0.363 e. The lowest BCUT2D eigenvalue weighted by molar-refractivity contribution is -0.384. The third-order valence-corrected chi connectivity index (χ3v) is 4.42. The minimum atomic E-state index is -0.632. The second kappa shape index (κ2) is 6.96. The Morgan fingerprint density at radius 1 is 1.15 bits per heavy atom. The Morgan fingerprint density at radius 3 is 2.41 bits per heavy atom. The minimum absolute atomic E-state index is 0.0298. The first kappa shape index (κ1) is 18.8. The van der Waals surface area contributed by atoms with Crippen LogP contribution in [0.15, 0.2) is 53.2 Å². The highest BCUT2D eigenvalue weighted by Crippen LogP contribution is 2.28. The summed E-state index contributed by atoms with van der Waals surface area (Å²) in [5.41, 5.74) is 2.14. The second-order valence-electron chi connectivity index (χ2n) is 7.13. The zero-order chi connectivity index (χ0) is 19.8. The summed E-state index contributed by atoms with van der Waals surface area (Å²) in [6.07, 6.45) is 1.60. The van der Waals surface area contributed by atoms with E-state index in [1.165, 1.54) is 23.8 Å². The van der Waals surface area contributed by atoms with E-state index in [2.05, 4.69) is 25.8 Å². The van der Waals surface area contributed by atoms with Gasteiger partial charge in [0.15, 0.2) is 5.70 Å². The van der Waals surface area contributed by atoms with Crippen molar-refractivity contribution in [2.45, 2.75) is 26.2 Å². The molecule has 0 radical (unpaired) electrons. The van der Waals surface area contributed by atoms with Gasteiger partial charge in [-0.15, -0.1) is 0 Å². The van der Waals surface area contributed by atoms with Crippen LogP contribution in [0.3, 0.4) is 0 Å². The highest BCUT2D eigenvalue weighted by atomic mass is 35.5. The normalized spacial score (nSPS) is 15.6. The van der Waals surface area contributed by atoms with Gasteiger partial charge >= 0.3 is 5.97 Å². The first-order valence-corrected chi connectivity index (χ1v) is 8.60. The first-order chi connectivity index (χ1) is 12.6. The molecule has 0 saturated heterocycles. The summed E-state index contributed by atoms with van der Waals surface area (Å²) >= 11 is 6.08. The van der Waals surface area contributed by atoms with Crippen LogP contribution in [0.4, 0.5) is 5.69 Å². The van der Waals surface area contributed by atoms with Crippen molar-refractivity contribution < 1.29 is 14.5 Å². The largest absolute Gasteiger partial charge is 0.402 e. The molecule has 0 aromatic heterocycles. The Labute approximate surface area is 161 Å². The lowest BCUT2D eigenvalue weighted by atomic mass is 9.87. The molecule has 2 aromatic rings. The molecule has 1 aliphatic heterocycles. The molecule has 138 valence electrons. The van der Waals surface area contributed by atoms with Crippen LogP contribution < -0.4 is 0 Å². The van der Waals surface area contributed by atoms with Crippen molar-refractivity contribution in [2.24, 2.45) is 4.99 Å². The van der Waals surface area contributed by atoms with Crippen LogP contribution in [0, 0.1) is 10.1 Å². The molecule has 0 bridgehead atoms. The number of esters is 1. The van der Waals surface area contributed by atoms with Gasteiger partial charge in [-0.05, 0) is 28.7 Å². The average molecular weight is 385 g/mol. The number of cyclic esters (lactones) is 1. The number of nitro benzene ring substituents is 1. The maximum absolute atomic E-state index is 12.1. The topological polar surface area (TPSA) is 81.8 Å². The van der Waals surface area contributed by atoms with Gasteiger partial charge in [0.05, 0.1) is 15.5 Å². The molecule has 0 fully saturated rings. The van der Waals surface area contributed by atoms with Crippen LogP contribution in [0.2, 0.25) is 5.02 Å². The van der Waals surface area contributed by atoms with Crippen LogP contribution >= 0.6 is 11.6 Å². The lowest BCUT2D eigenvalue weighted by Crippen LogP contribution is -2.10. The SMILES string of the molecule is CC(C)(C)c1ccc(C=C2N=C(c3cc([N+](=O)[O-])ccc3Cl)OC2=O)cc1. The zero-order valence-electron chi connectivity index (χ0n) is 15.0. The molecule has 0 saturated carbocycles. The standard InChI is InChI=1S/C20H17ClN2O4/c1-20(2,3)13-6-4-12(5-7-13)10-17-19(24)27-18(22-17)15-11-14(23(25)26)8-9-16(15)21/h4-11H,1-3H3. The molecule has 7 heteroatoms. The number of carbonyl (C=O) groups is 1. The number of benzene rings is 2. The molecule has 0 atom stereocenters. The molecule has 0 amide bonds. The van der Waals surface area contributed by atoms with E-state index in [4.69, 9.17) is 16.3 Å². The number of ether oxygens (including phenoxy) is 1. The molecule has 1 aliphatic rings. The van der Waals surface area contributed by atoms with Crippen LogP contribution in [0.25, 0.3) is 6.08 Å². The minimum Gasteiger partial charge on any atom is -0.402 e. The molecule has 0 aliphatic carbocycles. The molecular formula is C20H17ClN2O4. The van der Waals surface area contributed by atoms with Crippen molar-refractivity contribution in [3.63, 3.8) is 0 Å². The van der Waals surface area contributed by atoms with Crippen molar-refractivity contribution in [3.8, 4) is 0 Å². The molecule has 0 N–H and O–H groups in total. The Kier molecular flexibility index (Phi) is 4.85. The van der Waals surface area contributed by atoms with Gasteiger partial charge in [-0.25, -0.2) is 9.79 Å². The summed E-state index contributed by atoms with van der Waals surface area (Å²) in [4.78, 5) is 26.7. The fourth-order valence-corrected chi connectivity index (χ4v) is 2.75. The van der Waals surface area contributed by atoms with Gasteiger partial charge in [0, 0.05) is 12.1 Å². The molecule has 0 spiro atoms. The quantitative estimate of drug-likeness (QED) is 0.326. The second-order valence-corrected chi connectivity index (χ2v) is 7.54. The summed E-state index contributed by atoms with van der Waals surface area (Å²) in [6.45, 7) is 6.36. The smallest absolute Gasteiger partial charge is 0.363 e. The summed E-state index contributed by atoms with van der Waals surface area (Å²) < 4.78 is 5.16. The Hall–Kier alpha value is -2.99. The third kappa shape index (κ3) is 4.06. The summed E-state index contributed by atoms with van der Waals surface area (Å²) in [7, 11) is 0. The van der Waals surface area contributed by atoms with Crippen molar-refractivity contribution in [3.05, 3.63) is 80.0 Å². The van der Waals surface area contributed by atoms with Gasteiger partial charge in [-0.1, -0.05) is 56.6 Å². The molecule has 2 aromatic carbocycles. The van der Waals surface area contributed by atoms with Gasteiger partial charge in [-0.3, -0.25) is 10.1 Å². The number of non-ortho nitro benzene ring substituents is 1. The van der Waals surface area contributed by atoms with Crippen LogP contribution in [0.5, 0.6) is 0 Å². The molecule has 1 heterocycles. The summed E-state index contributed by atoms with van der Waals surface area (Å²) in [5, 5.41) is 11.2. The van der Waals surface area contributed by atoms with E-state index in [0.717, 1.165) is 5.56 Å². The highest BCUT2D eigenvalue weighted by molar-refractivity contribution is 6.34. The van der Waals surface area contributed by atoms with Gasteiger partial charge in [0.2, 0.25) is 5.90 Å². The number of nitro groups is 1. The molecule has 0 unspecified atom stereocenters. The van der Waals surface area contributed by atoms with Crippen molar-refractivity contribution >= 4 is 35.2 Å². The van der Waals surface area contributed by atoms with Gasteiger partial charge in [0.25, 0.3) is 5.69 Å². The predicted octanol–water partition coefficient (Wildman–Crippen LogP) is 4.89. The molecule has 3 rings (SSSR count). The first-order valence-electron chi connectivity index (χ1n) is 8.22. The summed E-state index contributed by atoms with van der Waals surface area (Å²) in [5.74, 6) is -0.682. The fourth-order valence-electron chi connectivity index (χ4n) is 2.55. The monoisotopic (exact) mass is 384 g/mol. The Balaban J connectivity index is 1.94. The van der Waals surface area contributed by atoms with Gasteiger partial charge in [0.1, 0.15) is 0 Å². The zero-order valence-corrected chi connectivity index (χ0v) is 15.8. The number of aliphatic imine (C=N–C) groups is 1. The predicted molar refractivity (Wildman–Crippen MR) is 104 cm³/mol.